The zero-order chi connectivity index (χ0) is 32.6. The van der Waals surface area contributed by atoms with Crippen molar-refractivity contribution in [3.63, 3.8) is 0 Å². The molecule has 1 N–H and O–H groups in total. The van der Waals surface area contributed by atoms with Crippen LogP contribution in [0.5, 0.6) is 0 Å². The number of aldehydes is 1. The lowest BCUT2D eigenvalue weighted by molar-refractivity contribution is -0.109. The number of ether oxygens (including phenoxy) is 2. The number of benzene rings is 2. The fourth-order valence-corrected chi connectivity index (χ4v) is 3.11. The van der Waals surface area contributed by atoms with Crippen LogP contribution in [0.4, 0.5) is 4.39 Å². The standard InChI is InChI=1S/C16H15FO.C10H22O2.C4H10.C3H4N2O.C2H6/c1-11-3-4-15(10-16(11)17)14-6-5-13(7-8-18)12(2)9-14;1-4-6-7-10(11-3)9-12-8-5-2;1-3-4-2;4-1-2-5-3-6;1-2/h3-6,8-10H,7H2,1-2H3;10H,4-9H2,1-3H3;3-4H2,1-2H3;3H,2H2,(H,5,6);1-2H3. The molecule has 0 aromatic heterocycles. The normalized spacial score (nSPS) is 9.93. The highest BCUT2D eigenvalue weighted by Crippen LogP contribution is 2.24. The molecule has 2 aromatic carbocycles. The van der Waals surface area contributed by atoms with Crippen molar-refractivity contribution in [2.45, 2.75) is 106 Å². The average Bonchev–Trinajstić information content (AvgIpc) is 3.02. The Morgan fingerprint density at radius 2 is 1.55 bits per heavy atom. The molecule has 1 atom stereocenters. The maximum atomic E-state index is 13.5. The summed E-state index contributed by atoms with van der Waals surface area (Å²) in [6, 6.07) is 12.8. The fourth-order valence-electron chi connectivity index (χ4n) is 3.11. The smallest absolute Gasteiger partial charge is 0.207 e. The van der Waals surface area contributed by atoms with E-state index in [2.05, 4.69) is 33.0 Å². The molecule has 6 nitrogen and oxygen atoms in total. The zero-order valence-electron chi connectivity index (χ0n) is 27.7. The molecule has 42 heavy (non-hydrogen) atoms. The van der Waals surface area contributed by atoms with Crippen LogP contribution in [0.25, 0.3) is 11.1 Å². The maximum Gasteiger partial charge on any atom is 0.207 e. The number of carbonyl (C=O) groups excluding carboxylic acids is 2. The monoisotopic (exact) mass is 588 g/mol. The van der Waals surface area contributed by atoms with E-state index in [9.17, 15) is 14.0 Å². The molecule has 0 aliphatic rings. The highest BCUT2D eigenvalue weighted by molar-refractivity contribution is 5.66. The van der Waals surface area contributed by atoms with Crippen LogP contribution in [0, 0.1) is 31.0 Å². The van der Waals surface area contributed by atoms with E-state index < -0.39 is 0 Å². The van der Waals surface area contributed by atoms with Crippen LogP contribution < -0.4 is 5.32 Å². The summed E-state index contributed by atoms with van der Waals surface area (Å²) in [4.78, 5) is 19.8. The lowest BCUT2D eigenvalue weighted by Crippen LogP contribution is -2.18. The van der Waals surface area contributed by atoms with E-state index in [-0.39, 0.29) is 12.4 Å². The summed E-state index contributed by atoms with van der Waals surface area (Å²) in [5.74, 6) is -0.192. The van der Waals surface area contributed by atoms with Crippen molar-refractivity contribution >= 4 is 12.7 Å². The van der Waals surface area contributed by atoms with Crippen molar-refractivity contribution in [3.8, 4) is 17.2 Å². The number of hydrogen-bond donors (Lipinski definition) is 1. The van der Waals surface area contributed by atoms with Crippen molar-refractivity contribution in [1.82, 2.24) is 5.32 Å². The molecular weight excluding hydrogens is 531 g/mol. The van der Waals surface area contributed by atoms with Crippen LogP contribution >= 0.6 is 0 Å². The number of nitriles is 1. The molecule has 7 heteroatoms. The molecular formula is C35H57FN2O4. The van der Waals surface area contributed by atoms with E-state index in [1.54, 1.807) is 32.2 Å². The van der Waals surface area contributed by atoms with Crippen molar-refractivity contribution in [2.24, 2.45) is 0 Å². The number of hydrogen-bond acceptors (Lipinski definition) is 5. The van der Waals surface area contributed by atoms with Gasteiger partial charge in [0.25, 0.3) is 0 Å². The molecule has 0 fully saturated rings. The summed E-state index contributed by atoms with van der Waals surface area (Å²) in [5, 5.41) is 9.88. The SMILES string of the molecule is CC.CCCC.CCCCC(COCCC)OC.Cc1ccc(-c2ccc(CC=O)c(C)c2)cc1F.N#CCNC=O. The third-order valence-corrected chi connectivity index (χ3v) is 5.78. The Balaban J connectivity index is -0.000000546. The van der Waals surface area contributed by atoms with Gasteiger partial charge in [-0.05, 0) is 60.6 Å². The van der Waals surface area contributed by atoms with Gasteiger partial charge in [0.1, 0.15) is 18.6 Å². The first-order chi connectivity index (χ1) is 20.3. The van der Waals surface area contributed by atoms with Gasteiger partial charge in [0, 0.05) is 20.1 Å². The molecule has 0 radical (unpaired) electrons. The van der Waals surface area contributed by atoms with Gasteiger partial charge in [-0.3, -0.25) is 4.79 Å². The van der Waals surface area contributed by atoms with Gasteiger partial charge in [-0.15, -0.1) is 0 Å². The summed E-state index contributed by atoms with van der Waals surface area (Å²) >= 11 is 0. The van der Waals surface area contributed by atoms with Crippen LogP contribution in [0.15, 0.2) is 36.4 Å². The van der Waals surface area contributed by atoms with Crippen molar-refractivity contribution in [1.29, 1.82) is 5.26 Å². The van der Waals surface area contributed by atoms with E-state index in [0.29, 0.717) is 24.5 Å². The van der Waals surface area contributed by atoms with Gasteiger partial charge < -0.3 is 19.6 Å². The highest BCUT2D eigenvalue weighted by atomic mass is 19.1. The molecule has 0 spiro atoms. The second-order valence-corrected chi connectivity index (χ2v) is 9.21. The van der Waals surface area contributed by atoms with E-state index in [4.69, 9.17) is 14.7 Å². The lowest BCUT2D eigenvalue weighted by atomic mass is 9.98. The van der Waals surface area contributed by atoms with Gasteiger partial charge >= 0.3 is 0 Å². The van der Waals surface area contributed by atoms with Crippen molar-refractivity contribution in [2.75, 3.05) is 26.9 Å². The van der Waals surface area contributed by atoms with Gasteiger partial charge in [-0.1, -0.05) is 97.6 Å². The molecule has 0 saturated carbocycles. The van der Waals surface area contributed by atoms with Gasteiger partial charge in [0.05, 0.1) is 18.8 Å². The lowest BCUT2D eigenvalue weighted by Gasteiger charge is -2.14. The van der Waals surface area contributed by atoms with Crippen LogP contribution in [-0.2, 0) is 25.5 Å². The predicted octanol–water partition coefficient (Wildman–Crippen LogP) is 8.56. The minimum absolute atomic E-state index is 0.101. The highest BCUT2D eigenvalue weighted by Gasteiger charge is 2.06. The molecule has 0 bridgehead atoms. The predicted molar refractivity (Wildman–Crippen MR) is 174 cm³/mol. The summed E-state index contributed by atoms with van der Waals surface area (Å²) in [5.41, 5.74) is 4.55. The number of aryl methyl sites for hydroxylation is 2. The molecule has 0 aliphatic heterocycles. The summed E-state index contributed by atoms with van der Waals surface area (Å²) in [6.45, 7) is 18.1. The Kier molecular flexibility index (Phi) is 33.5. The van der Waals surface area contributed by atoms with Gasteiger partial charge in [-0.25, -0.2) is 4.39 Å². The Morgan fingerprint density at radius 3 is 1.98 bits per heavy atom. The Bertz CT molecular complexity index is 958. The number of nitrogens with one attached hydrogen (secondary N) is 1. The number of unbranched alkanes of at least 4 members (excludes halogenated alkanes) is 2. The number of carbonyl (C=O) groups is 2. The first-order valence-corrected chi connectivity index (χ1v) is 15.2. The number of rotatable bonds is 14. The number of nitrogens with zero attached hydrogens (tertiary/aromatic N) is 1. The molecule has 0 aliphatic carbocycles. The third-order valence-electron chi connectivity index (χ3n) is 5.78. The van der Waals surface area contributed by atoms with Gasteiger partial charge in [0.15, 0.2) is 0 Å². The summed E-state index contributed by atoms with van der Waals surface area (Å²) in [6.07, 6.45) is 9.42. The molecule has 1 amide bonds. The minimum Gasteiger partial charge on any atom is -0.379 e. The Labute approximate surface area is 256 Å². The summed E-state index contributed by atoms with van der Waals surface area (Å²) in [7, 11) is 1.76. The maximum absolute atomic E-state index is 13.5. The van der Waals surface area contributed by atoms with Crippen molar-refractivity contribution < 1.29 is 23.5 Å². The Hall–Kier alpha value is -3.08. The third kappa shape index (κ3) is 23.6. The van der Waals surface area contributed by atoms with E-state index >= 15 is 0 Å². The number of amides is 1. The molecule has 0 heterocycles. The van der Waals surface area contributed by atoms with Crippen LogP contribution in [0.2, 0.25) is 0 Å². The number of halogens is 1. The van der Waals surface area contributed by atoms with E-state index in [0.717, 1.165) is 54.6 Å². The topological polar surface area (TPSA) is 88.4 Å². The first-order valence-electron chi connectivity index (χ1n) is 15.2. The molecule has 2 aromatic rings. The van der Waals surface area contributed by atoms with Gasteiger partial charge in [-0.2, -0.15) is 5.26 Å². The molecule has 2 rings (SSSR count). The minimum atomic E-state index is -0.192. The Morgan fingerprint density at radius 1 is 0.929 bits per heavy atom. The van der Waals surface area contributed by atoms with Crippen LogP contribution in [0.1, 0.15) is 96.8 Å². The zero-order valence-corrected chi connectivity index (χ0v) is 27.7. The molecule has 1 unspecified atom stereocenters. The first kappa shape index (κ1) is 43.4. The van der Waals surface area contributed by atoms with Crippen LogP contribution in [-0.4, -0.2) is 45.7 Å². The second-order valence-electron chi connectivity index (χ2n) is 9.21. The quantitative estimate of drug-likeness (QED) is 0.136. The summed E-state index contributed by atoms with van der Waals surface area (Å²) < 4.78 is 24.2. The average molecular weight is 589 g/mol. The van der Waals surface area contributed by atoms with Gasteiger partial charge in [0.2, 0.25) is 6.41 Å². The van der Waals surface area contributed by atoms with Crippen molar-refractivity contribution in [3.05, 3.63) is 58.9 Å². The second kappa shape index (κ2) is 32.4. The largest absolute Gasteiger partial charge is 0.379 e. The molecule has 238 valence electrons. The van der Waals surface area contributed by atoms with Crippen LogP contribution in [0.3, 0.4) is 0 Å². The molecule has 0 saturated heterocycles. The van der Waals surface area contributed by atoms with E-state index in [1.807, 2.05) is 45.0 Å². The van der Waals surface area contributed by atoms with E-state index in [1.165, 1.54) is 25.7 Å². The number of methoxy groups -OCH3 is 1. The fraction of sp³-hybridized carbons (Fsp3) is 0.571.